The fourth-order valence-corrected chi connectivity index (χ4v) is 3.25. The first-order valence-corrected chi connectivity index (χ1v) is 8.60. The molecule has 1 amide bonds. The van der Waals surface area contributed by atoms with Gasteiger partial charge in [-0.3, -0.25) is 14.2 Å². The summed E-state index contributed by atoms with van der Waals surface area (Å²) in [4.78, 5) is 29.7. The van der Waals surface area contributed by atoms with E-state index in [1.807, 2.05) is 0 Å². The van der Waals surface area contributed by atoms with E-state index in [4.69, 9.17) is 11.6 Å². The Morgan fingerprint density at radius 1 is 1.12 bits per heavy atom. The van der Waals surface area contributed by atoms with Crippen LogP contribution in [0.5, 0.6) is 0 Å². The lowest BCUT2D eigenvalue weighted by molar-refractivity contribution is 0.102. The van der Waals surface area contributed by atoms with E-state index in [2.05, 4.69) is 10.3 Å². The Bertz CT molecular complexity index is 1030. The van der Waals surface area contributed by atoms with Crippen molar-refractivity contribution in [3.63, 3.8) is 0 Å². The van der Waals surface area contributed by atoms with Crippen molar-refractivity contribution in [3.8, 4) is 0 Å². The summed E-state index contributed by atoms with van der Waals surface area (Å²) >= 11 is 5.85. The van der Waals surface area contributed by atoms with Crippen LogP contribution in [0.25, 0.3) is 10.9 Å². The van der Waals surface area contributed by atoms with Gasteiger partial charge < -0.3 is 5.32 Å². The average molecular weight is 354 g/mol. The molecule has 0 aliphatic carbocycles. The first-order chi connectivity index (χ1) is 12.1. The third kappa shape index (κ3) is 3.03. The fraction of sp³-hybridized carbons (Fsp3) is 0.211. The van der Waals surface area contributed by atoms with Gasteiger partial charge in [0.2, 0.25) is 0 Å². The molecule has 1 N–H and O–H groups in total. The third-order valence-electron chi connectivity index (χ3n) is 4.43. The molecule has 25 heavy (non-hydrogen) atoms. The molecule has 1 aliphatic rings. The van der Waals surface area contributed by atoms with Gasteiger partial charge in [-0.25, -0.2) is 4.98 Å². The summed E-state index contributed by atoms with van der Waals surface area (Å²) < 4.78 is 1.75. The smallest absolute Gasteiger partial charge is 0.261 e. The summed E-state index contributed by atoms with van der Waals surface area (Å²) in [5, 5.41) is 3.98. The summed E-state index contributed by atoms with van der Waals surface area (Å²) in [6.45, 7) is 0.718. The van der Waals surface area contributed by atoms with Crippen molar-refractivity contribution >= 4 is 34.1 Å². The Morgan fingerprint density at radius 2 is 1.92 bits per heavy atom. The molecule has 0 radical (unpaired) electrons. The van der Waals surface area contributed by atoms with Crippen molar-refractivity contribution < 1.29 is 4.79 Å². The average Bonchev–Trinajstić information content (AvgIpc) is 2.63. The number of aryl methyl sites for hydroxylation is 1. The van der Waals surface area contributed by atoms with E-state index in [1.54, 1.807) is 47.0 Å². The van der Waals surface area contributed by atoms with Gasteiger partial charge in [0.15, 0.2) is 0 Å². The number of nitrogens with one attached hydrogen (secondary N) is 1. The van der Waals surface area contributed by atoms with Gasteiger partial charge in [0.05, 0.1) is 10.9 Å². The van der Waals surface area contributed by atoms with E-state index in [0.29, 0.717) is 27.2 Å². The highest BCUT2D eigenvalue weighted by molar-refractivity contribution is 6.30. The van der Waals surface area contributed by atoms with Gasteiger partial charge in [0.1, 0.15) is 5.82 Å². The van der Waals surface area contributed by atoms with Gasteiger partial charge in [0.25, 0.3) is 11.5 Å². The molecular formula is C19H16ClN3O2. The maximum atomic E-state index is 12.6. The van der Waals surface area contributed by atoms with Crippen LogP contribution in [-0.2, 0) is 13.0 Å². The third-order valence-corrected chi connectivity index (χ3v) is 4.68. The van der Waals surface area contributed by atoms with Crippen LogP contribution in [-0.4, -0.2) is 15.5 Å². The molecule has 0 spiro atoms. The molecule has 0 saturated heterocycles. The second kappa shape index (κ2) is 6.33. The van der Waals surface area contributed by atoms with Gasteiger partial charge >= 0.3 is 0 Å². The lowest BCUT2D eigenvalue weighted by atomic mass is 10.1. The van der Waals surface area contributed by atoms with Crippen molar-refractivity contribution in [3.05, 3.63) is 69.2 Å². The molecule has 1 aliphatic heterocycles. The van der Waals surface area contributed by atoms with E-state index >= 15 is 0 Å². The maximum absolute atomic E-state index is 12.6. The molecule has 3 aromatic rings. The molecule has 0 bridgehead atoms. The second-order valence-electron chi connectivity index (χ2n) is 6.13. The molecule has 0 saturated carbocycles. The number of nitrogens with zero attached hydrogens (tertiary/aromatic N) is 2. The monoisotopic (exact) mass is 353 g/mol. The summed E-state index contributed by atoms with van der Waals surface area (Å²) in [7, 11) is 0. The topological polar surface area (TPSA) is 64.0 Å². The van der Waals surface area contributed by atoms with E-state index < -0.39 is 0 Å². The summed E-state index contributed by atoms with van der Waals surface area (Å²) in [5.74, 6) is 0.558. The van der Waals surface area contributed by atoms with Crippen LogP contribution in [0.2, 0.25) is 5.02 Å². The number of anilines is 1. The minimum Gasteiger partial charge on any atom is -0.322 e. The highest BCUT2D eigenvalue weighted by atomic mass is 35.5. The molecule has 6 heteroatoms. The number of benzene rings is 2. The summed E-state index contributed by atoms with van der Waals surface area (Å²) in [5.41, 5.74) is 1.68. The Hall–Kier alpha value is -2.66. The second-order valence-corrected chi connectivity index (χ2v) is 6.57. The summed E-state index contributed by atoms with van der Waals surface area (Å²) in [6.07, 6.45) is 2.84. The predicted octanol–water partition coefficient (Wildman–Crippen LogP) is 3.64. The van der Waals surface area contributed by atoms with Crippen LogP contribution in [0.15, 0.2) is 47.3 Å². The molecule has 2 aromatic carbocycles. The number of hydrogen-bond donors (Lipinski definition) is 1. The standard InChI is InChI=1S/C19H16ClN3O2/c20-13-5-7-14(8-6-13)21-18(24)12-4-9-15-16(11-12)22-17-3-1-2-10-23(17)19(15)25/h4-9,11H,1-3,10H2,(H,21,24). The molecule has 5 nitrogen and oxygen atoms in total. The molecule has 0 atom stereocenters. The normalized spacial score (nSPS) is 13.5. The van der Waals surface area contributed by atoms with E-state index in [1.165, 1.54) is 0 Å². The highest BCUT2D eigenvalue weighted by Crippen LogP contribution is 2.18. The molecule has 1 aromatic heterocycles. The number of rotatable bonds is 2. The van der Waals surface area contributed by atoms with Crippen LogP contribution in [0, 0.1) is 0 Å². The SMILES string of the molecule is O=C(Nc1ccc(Cl)cc1)c1ccc2c(=O)n3c(nc2c1)CCCC3. The number of fused-ring (bicyclic) bond motifs is 2. The Kier molecular flexibility index (Phi) is 4.01. The van der Waals surface area contributed by atoms with Gasteiger partial charge in [-0.15, -0.1) is 0 Å². The largest absolute Gasteiger partial charge is 0.322 e. The lowest BCUT2D eigenvalue weighted by Gasteiger charge is -2.17. The Labute approximate surface area is 149 Å². The number of carbonyl (C=O) groups excluding carboxylic acids is 1. The molecule has 0 fully saturated rings. The molecule has 126 valence electrons. The first-order valence-electron chi connectivity index (χ1n) is 8.22. The number of carbonyl (C=O) groups is 1. The number of hydrogen-bond acceptors (Lipinski definition) is 3. The molecule has 0 unspecified atom stereocenters. The van der Waals surface area contributed by atoms with Crippen molar-refractivity contribution in [2.45, 2.75) is 25.8 Å². The fourth-order valence-electron chi connectivity index (χ4n) is 3.12. The minimum atomic E-state index is -0.246. The zero-order chi connectivity index (χ0) is 17.4. The van der Waals surface area contributed by atoms with Crippen LogP contribution in [0.1, 0.15) is 29.0 Å². The van der Waals surface area contributed by atoms with Crippen LogP contribution >= 0.6 is 11.6 Å². The minimum absolute atomic E-state index is 0.0237. The van der Waals surface area contributed by atoms with E-state index in [9.17, 15) is 9.59 Å². The van der Waals surface area contributed by atoms with Gasteiger partial charge in [-0.1, -0.05) is 11.6 Å². The Morgan fingerprint density at radius 3 is 2.72 bits per heavy atom. The van der Waals surface area contributed by atoms with E-state index in [0.717, 1.165) is 31.6 Å². The number of halogens is 1. The zero-order valence-electron chi connectivity index (χ0n) is 13.5. The van der Waals surface area contributed by atoms with Crippen LogP contribution < -0.4 is 10.9 Å². The molecule has 2 heterocycles. The summed E-state index contributed by atoms with van der Waals surface area (Å²) in [6, 6.07) is 11.9. The lowest BCUT2D eigenvalue weighted by Crippen LogP contribution is -2.28. The van der Waals surface area contributed by atoms with Crippen LogP contribution in [0.3, 0.4) is 0 Å². The van der Waals surface area contributed by atoms with Crippen molar-refractivity contribution in [1.82, 2.24) is 9.55 Å². The predicted molar refractivity (Wildman–Crippen MR) is 98.3 cm³/mol. The van der Waals surface area contributed by atoms with Crippen LogP contribution in [0.4, 0.5) is 5.69 Å². The van der Waals surface area contributed by atoms with E-state index in [-0.39, 0.29) is 11.5 Å². The van der Waals surface area contributed by atoms with Crippen molar-refractivity contribution in [1.29, 1.82) is 0 Å². The molecule has 4 rings (SSSR count). The van der Waals surface area contributed by atoms with Gasteiger partial charge in [-0.2, -0.15) is 0 Å². The number of amides is 1. The highest BCUT2D eigenvalue weighted by Gasteiger charge is 2.16. The van der Waals surface area contributed by atoms with Crippen molar-refractivity contribution in [2.24, 2.45) is 0 Å². The quantitative estimate of drug-likeness (QED) is 0.765. The zero-order valence-corrected chi connectivity index (χ0v) is 14.2. The molecular weight excluding hydrogens is 338 g/mol. The number of aromatic nitrogens is 2. The van der Waals surface area contributed by atoms with Crippen molar-refractivity contribution in [2.75, 3.05) is 5.32 Å². The first kappa shape index (κ1) is 15.8. The maximum Gasteiger partial charge on any atom is 0.261 e. The van der Waals surface area contributed by atoms with Gasteiger partial charge in [0, 0.05) is 29.2 Å². The van der Waals surface area contributed by atoms with Gasteiger partial charge in [-0.05, 0) is 55.3 Å². The Balaban J connectivity index is 1.69.